The predicted octanol–water partition coefficient (Wildman–Crippen LogP) is 4.01. The minimum absolute atomic E-state index is 0.115. The molecule has 0 aliphatic rings. The summed E-state index contributed by atoms with van der Waals surface area (Å²) in [6, 6.07) is 5.16. The molecule has 1 aromatic heterocycles. The molecule has 0 fully saturated rings. The molecule has 2 rings (SSSR count). The van der Waals surface area contributed by atoms with Crippen molar-refractivity contribution in [2.75, 3.05) is 5.32 Å². The van der Waals surface area contributed by atoms with E-state index in [0.717, 1.165) is 5.56 Å². The molecule has 0 radical (unpaired) electrons. The van der Waals surface area contributed by atoms with Crippen LogP contribution >= 0.6 is 39.1 Å². The van der Waals surface area contributed by atoms with E-state index < -0.39 is 0 Å². The van der Waals surface area contributed by atoms with Crippen LogP contribution in [0.15, 0.2) is 33.8 Å². The van der Waals surface area contributed by atoms with Gasteiger partial charge in [0, 0.05) is 10.0 Å². The van der Waals surface area contributed by atoms with Gasteiger partial charge in [-0.25, -0.2) is 4.98 Å². The van der Waals surface area contributed by atoms with Gasteiger partial charge in [0.2, 0.25) is 0 Å². The van der Waals surface area contributed by atoms with Crippen LogP contribution in [0.25, 0.3) is 0 Å². The Balaban J connectivity index is 2.28. The van der Waals surface area contributed by atoms with E-state index >= 15 is 0 Å². The third-order valence-electron chi connectivity index (χ3n) is 2.58. The summed E-state index contributed by atoms with van der Waals surface area (Å²) in [5, 5.41) is 4.27. The lowest BCUT2D eigenvalue weighted by molar-refractivity contribution is 0.868. The topological polar surface area (TPSA) is 57.8 Å². The number of hydrogen-bond acceptors (Lipinski definition) is 3. The Morgan fingerprint density at radius 1 is 1.42 bits per heavy atom. The van der Waals surface area contributed by atoms with Crippen LogP contribution < -0.4 is 10.9 Å². The molecule has 1 heterocycles. The normalized spacial score (nSPS) is 12.2. The van der Waals surface area contributed by atoms with Crippen LogP contribution in [-0.2, 0) is 0 Å². The summed E-state index contributed by atoms with van der Waals surface area (Å²) in [6.45, 7) is 1.92. The third-order valence-corrected chi connectivity index (χ3v) is 3.88. The highest BCUT2D eigenvalue weighted by molar-refractivity contribution is 9.10. The fourth-order valence-corrected chi connectivity index (χ4v) is 2.52. The maximum atomic E-state index is 11.4. The number of hydrogen-bond donors (Lipinski definition) is 2. The summed E-state index contributed by atoms with van der Waals surface area (Å²) in [6.07, 6.45) is 1.34. The first-order valence-corrected chi connectivity index (χ1v) is 6.98. The maximum Gasteiger partial charge on any atom is 0.267 e. The highest BCUT2D eigenvalue weighted by Crippen LogP contribution is 2.29. The number of H-pyrrole nitrogens is 1. The molecule has 1 aromatic carbocycles. The molecule has 0 saturated heterocycles. The number of aromatic nitrogens is 2. The van der Waals surface area contributed by atoms with Crippen LogP contribution in [0.5, 0.6) is 0 Å². The van der Waals surface area contributed by atoms with Gasteiger partial charge in [-0.1, -0.05) is 29.3 Å². The highest BCUT2D eigenvalue weighted by atomic mass is 79.9. The Morgan fingerprint density at radius 2 is 2.16 bits per heavy atom. The fourth-order valence-electron chi connectivity index (χ4n) is 1.62. The van der Waals surface area contributed by atoms with Gasteiger partial charge in [0.05, 0.1) is 12.4 Å². The van der Waals surface area contributed by atoms with E-state index in [1.165, 1.54) is 6.33 Å². The van der Waals surface area contributed by atoms with Crippen LogP contribution in [0.2, 0.25) is 10.0 Å². The second kappa shape index (κ2) is 5.94. The molecule has 1 unspecified atom stereocenters. The number of halogens is 3. The van der Waals surface area contributed by atoms with Gasteiger partial charge in [-0.2, -0.15) is 0 Å². The molecule has 0 saturated carbocycles. The Hall–Kier alpha value is -1.04. The van der Waals surface area contributed by atoms with Gasteiger partial charge >= 0.3 is 0 Å². The number of nitrogens with one attached hydrogen (secondary N) is 2. The molecule has 0 aliphatic carbocycles. The summed E-state index contributed by atoms with van der Waals surface area (Å²) in [5.74, 6) is 0.460. The Morgan fingerprint density at radius 3 is 2.84 bits per heavy atom. The zero-order chi connectivity index (χ0) is 14.0. The van der Waals surface area contributed by atoms with Gasteiger partial charge in [-0.15, -0.1) is 0 Å². The maximum absolute atomic E-state index is 11.4. The zero-order valence-electron chi connectivity index (χ0n) is 9.88. The van der Waals surface area contributed by atoms with E-state index in [-0.39, 0.29) is 11.6 Å². The molecular weight excluding hydrogens is 353 g/mol. The molecule has 2 N–H and O–H groups in total. The molecule has 4 nitrogen and oxygen atoms in total. The van der Waals surface area contributed by atoms with E-state index in [1.807, 2.05) is 13.0 Å². The Labute approximate surface area is 128 Å². The van der Waals surface area contributed by atoms with E-state index in [9.17, 15) is 4.79 Å². The first-order valence-electron chi connectivity index (χ1n) is 5.43. The minimum atomic E-state index is -0.244. The largest absolute Gasteiger partial charge is 0.362 e. The lowest BCUT2D eigenvalue weighted by Gasteiger charge is -2.17. The predicted molar refractivity (Wildman–Crippen MR) is 81.1 cm³/mol. The Bertz CT molecular complexity index is 660. The van der Waals surface area contributed by atoms with Crippen molar-refractivity contribution < 1.29 is 0 Å². The average Bonchev–Trinajstić information content (AvgIpc) is 2.34. The van der Waals surface area contributed by atoms with Crippen molar-refractivity contribution in [3.8, 4) is 0 Å². The quantitative estimate of drug-likeness (QED) is 0.867. The zero-order valence-corrected chi connectivity index (χ0v) is 13.0. The van der Waals surface area contributed by atoms with Crippen LogP contribution in [-0.4, -0.2) is 9.97 Å². The second-order valence-electron chi connectivity index (χ2n) is 3.93. The number of aromatic amines is 1. The van der Waals surface area contributed by atoms with Crippen LogP contribution in [0.3, 0.4) is 0 Å². The first-order chi connectivity index (χ1) is 8.99. The molecule has 2 aromatic rings. The second-order valence-corrected chi connectivity index (χ2v) is 5.56. The van der Waals surface area contributed by atoms with E-state index in [2.05, 4.69) is 31.2 Å². The summed E-state index contributed by atoms with van der Waals surface area (Å²) in [5.41, 5.74) is 0.631. The monoisotopic (exact) mass is 361 g/mol. The SMILES string of the molecule is CC(Nc1nc[nH]c(=O)c1Br)c1ccc(Cl)cc1Cl. The molecule has 19 heavy (non-hydrogen) atoms. The van der Waals surface area contributed by atoms with Gasteiger partial charge in [0.1, 0.15) is 10.3 Å². The summed E-state index contributed by atoms with van der Waals surface area (Å²) >= 11 is 15.2. The van der Waals surface area contributed by atoms with Gasteiger partial charge < -0.3 is 10.3 Å². The standard InChI is InChI=1S/C12H10BrCl2N3O/c1-6(8-3-2-7(14)4-9(8)15)18-11-10(13)12(19)17-5-16-11/h2-6H,1H3,(H2,16,17,18,19). The molecule has 0 aliphatic heterocycles. The van der Waals surface area contributed by atoms with Crippen molar-refractivity contribution in [3.05, 3.63) is 55.0 Å². The molecule has 0 bridgehead atoms. The van der Waals surface area contributed by atoms with E-state index in [1.54, 1.807) is 12.1 Å². The van der Waals surface area contributed by atoms with Gasteiger partial charge in [-0.05, 0) is 40.5 Å². The lowest BCUT2D eigenvalue weighted by Crippen LogP contribution is -2.14. The van der Waals surface area contributed by atoms with E-state index in [0.29, 0.717) is 20.3 Å². The molecule has 0 amide bonds. The molecule has 7 heteroatoms. The van der Waals surface area contributed by atoms with Crippen LogP contribution in [0.4, 0.5) is 5.82 Å². The molecule has 1 atom stereocenters. The summed E-state index contributed by atoms with van der Waals surface area (Å²) in [7, 11) is 0. The van der Waals surface area contributed by atoms with Crippen molar-refractivity contribution >= 4 is 44.9 Å². The molecule has 0 spiro atoms. The first kappa shape index (κ1) is 14.4. The number of nitrogens with zero attached hydrogens (tertiary/aromatic N) is 1. The highest BCUT2D eigenvalue weighted by Gasteiger charge is 2.13. The van der Waals surface area contributed by atoms with Gasteiger partial charge in [0.15, 0.2) is 0 Å². The minimum Gasteiger partial charge on any atom is -0.362 e. The van der Waals surface area contributed by atoms with Crippen LogP contribution in [0.1, 0.15) is 18.5 Å². The van der Waals surface area contributed by atoms with Gasteiger partial charge in [0.25, 0.3) is 5.56 Å². The van der Waals surface area contributed by atoms with Crippen molar-refractivity contribution in [2.45, 2.75) is 13.0 Å². The lowest BCUT2D eigenvalue weighted by atomic mass is 10.1. The smallest absolute Gasteiger partial charge is 0.267 e. The number of benzene rings is 1. The molecule has 100 valence electrons. The average molecular weight is 363 g/mol. The van der Waals surface area contributed by atoms with Crippen molar-refractivity contribution in [1.29, 1.82) is 0 Å². The number of anilines is 1. The molecular formula is C12H10BrCl2N3O. The van der Waals surface area contributed by atoms with Crippen LogP contribution in [0, 0.1) is 0 Å². The Kier molecular flexibility index (Phi) is 4.50. The third kappa shape index (κ3) is 3.29. The van der Waals surface area contributed by atoms with Crippen molar-refractivity contribution in [3.63, 3.8) is 0 Å². The van der Waals surface area contributed by atoms with E-state index in [4.69, 9.17) is 23.2 Å². The summed E-state index contributed by atoms with van der Waals surface area (Å²) < 4.78 is 0.354. The van der Waals surface area contributed by atoms with Gasteiger partial charge in [-0.3, -0.25) is 4.79 Å². The fraction of sp³-hybridized carbons (Fsp3) is 0.167. The van der Waals surface area contributed by atoms with Crippen molar-refractivity contribution in [2.24, 2.45) is 0 Å². The summed E-state index contributed by atoms with van der Waals surface area (Å²) in [4.78, 5) is 18.0. The number of rotatable bonds is 3. The van der Waals surface area contributed by atoms with Crippen molar-refractivity contribution in [1.82, 2.24) is 9.97 Å².